The molecule has 4 rings (SSSR count). The Kier molecular flexibility index (Phi) is 5.52. The van der Waals surface area contributed by atoms with Crippen molar-refractivity contribution < 1.29 is 13.6 Å². The summed E-state index contributed by atoms with van der Waals surface area (Å²) in [6.45, 7) is 2.78. The fourth-order valence-electron chi connectivity index (χ4n) is 4.23. The number of nitrogens with one attached hydrogen (secondary N) is 1. The highest BCUT2D eigenvalue weighted by molar-refractivity contribution is 5.73. The maximum absolute atomic E-state index is 13.8. The van der Waals surface area contributed by atoms with E-state index in [0.29, 0.717) is 36.2 Å². The third-order valence-electron chi connectivity index (χ3n) is 6.03. The van der Waals surface area contributed by atoms with E-state index >= 15 is 0 Å². The molecular formula is C21H25F2N7O. The number of halogens is 2. The molecule has 2 aliphatic rings. The number of hydrogen-bond acceptors (Lipinski definition) is 6. The van der Waals surface area contributed by atoms with E-state index in [1.165, 1.54) is 6.33 Å². The van der Waals surface area contributed by atoms with Crippen LogP contribution in [0.4, 0.5) is 26.2 Å². The zero-order chi connectivity index (χ0) is 22.2. The van der Waals surface area contributed by atoms with Crippen molar-refractivity contribution in [3.63, 3.8) is 0 Å². The normalized spacial score (nSPS) is 18.8. The fourth-order valence-corrected chi connectivity index (χ4v) is 4.23. The lowest BCUT2D eigenvalue weighted by Gasteiger charge is -2.32. The van der Waals surface area contributed by atoms with Gasteiger partial charge in [-0.3, -0.25) is 4.79 Å². The predicted octanol–water partition coefficient (Wildman–Crippen LogP) is 3.00. The number of aromatic nitrogens is 3. The molecule has 0 spiro atoms. The van der Waals surface area contributed by atoms with Crippen LogP contribution >= 0.6 is 0 Å². The Hall–Kier alpha value is -3.22. The molecule has 0 unspecified atom stereocenters. The molecule has 10 heteroatoms. The molecule has 0 atom stereocenters. The molecule has 164 valence electrons. The minimum absolute atomic E-state index is 0.0645. The Bertz CT molecular complexity index is 1020. The van der Waals surface area contributed by atoms with Gasteiger partial charge in [-0.25, -0.2) is 18.7 Å². The lowest BCUT2D eigenvalue weighted by atomic mass is 9.89. The minimum Gasteiger partial charge on any atom is -0.350 e. The zero-order valence-electron chi connectivity index (χ0n) is 17.6. The summed E-state index contributed by atoms with van der Waals surface area (Å²) >= 11 is 0. The predicted molar refractivity (Wildman–Crippen MR) is 111 cm³/mol. The summed E-state index contributed by atoms with van der Waals surface area (Å²) in [5.74, 6) is -1.14. The molecule has 0 bridgehead atoms. The van der Waals surface area contributed by atoms with E-state index in [0.717, 1.165) is 18.4 Å². The van der Waals surface area contributed by atoms with E-state index in [-0.39, 0.29) is 31.3 Å². The number of rotatable bonds is 4. The lowest BCUT2D eigenvalue weighted by Crippen LogP contribution is -2.36. The number of hydrogen-bond donors (Lipinski definition) is 1. The Balaban J connectivity index is 1.64. The molecule has 0 radical (unpaired) electrons. The highest BCUT2D eigenvalue weighted by Gasteiger charge is 2.39. The molecule has 2 aliphatic heterocycles. The maximum Gasteiger partial charge on any atom is 0.266 e. The highest BCUT2D eigenvalue weighted by Crippen LogP contribution is 2.35. The van der Waals surface area contributed by atoms with Crippen molar-refractivity contribution in [2.45, 2.75) is 38.0 Å². The van der Waals surface area contributed by atoms with Crippen LogP contribution in [0.3, 0.4) is 0 Å². The van der Waals surface area contributed by atoms with E-state index in [9.17, 15) is 18.8 Å². The van der Waals surface area contributed by atoms with Crippen molar-refractivity contribution in [1.82, 2.24) is 19.4 Å². The number of nitriles is 1. The molecule has 0 saturated carbocycles. The van der Waals surface area contributed by atoms with Crippen LogP contribution in [-0.2, 0) is 11.8 Å². The second-order valence-electron chi connectivity index (χ2n) is 8.24. The van der Waals surface area contributed by atoms with Crippen LogP contribution in [0.2, 0.25) is 0 Å². The first-order valence-electron chi connectivity index (χ1n) is 10.3. The van der Waals surface area contributed by atoms with Crippen molar-refractivity contribution in [2.24, 2.45) is 7.05 Å². The van der Waals surface area contributed by atoms with E-state index < -0.39 is 5.92 Å². The second kappa shape index (κ2) is 8.13. The van der Waals surface area contributed by atoms with Gasteiger partial charge in [0.25, 0.3) is 5.92 Å². The van der Waals surface area contributed by atoms with Gasteiger partial charge in [0.1, 0.15) is 17.7 Å². The number of likely N-dealkylation sites (tertiary alicyclic amines) is 1. The molecule has 2 aromatic heterocycles. The molecule has 1 amide bonds. The Morgan fingerprint density at radius 3 is 2.65 bits per heavy atom. The number of aryl methyl sites for hydroxylation is 1. The average molecular weight is 429 g/mol. The van der Waals surface area contributed by atoms with E-state index in [1.807, 2.05) is 17.0 Å². The van der Waals surface area contributed by atoms with Gasteiger partial charge < -0.3 is 19.7 Å². The van der Waals surface area contributed by atoms with Crippen LogP contribution < -0.4 is 10.2 Å². The number of imidazole rings is 1. The Morgan fingerprint density at radius 2 is 2.03 bits per heavy atom. The zero-order valence-corrected chi connectivity index (χ0v) is 17.6. The maximum atomic E-state index is 13.8. The highest BCUT2D eigenvalue weighted by atomic mass is 19.3. The Labute approximate surface area is 179 Å². The van der Waals surface area contributed by atoms with Gasteiger partial charge in [0.05, 0.1) is 12.9 Å². The van der Waals surface area contributed by atoms with Gasteiger partial charge in [-0.05, 0) is 36.5 Å². The molecule has 2 fully saturated rings. The van der Waals surface area contributed by atoms with Crippen LogP contribution in [-0.4, -0.2) is 57.4 Å². The third kappa shape index (κ3) is 4.45. The number of nitrogens with zero attached hydrogens (tertiary/aromatic N) is 6. The summed E-state index contributed by atoms with van der Waals surface area (Å²) in [6.07, 6.45) is 2.93. The number of anilines is 3. The molecule has 1 N–H and O–H groups in total. The number of carbonyl (C=O) groups excluding carboxylic acids is 1. The van der Waals surface area contributed by atoms with Crippen molar-refractivity contribution >= 4 is 23.4 Å². The third-order valence-corrected chi connectivity index (χ3v) is 6.03. The summed E-state index contributed by atoms with van der Waals surface area (Å²) in [5.41, 5.74) is 1.34. The minimum atomic E-state index is -2.73. The van der Waals surface area contributed by atoms with Crippen LogP contribution in [0.5, 0.6) is 0 Å². The van der Waals surface area contributed by atoms with Crippen molar-refractivity contribution in [3.8, 4) is 6.07 Å². The average Bonchev–Trinajstić information content (AvgIpc) is 3.29. The number of pyridine rings is 1. The largest absolute Gasteiger partial charge is 0.350 e. The van der Waals surface area contributed by atoms with Gasteiger partial charge in [0.15, 0.2) is 11.5 Å². The summed E-state index contributed by atoms with van der Waals surface area (Å²) < 4.78 is 29.3. The number of amides is 1. The topological polar surface area (TPSA) is 90.1 Å². The molecular weight excluding hydrogens is 404 g/mol. The fraction of sp³-hybridized carbons (Fsp3) is 0.524. The quantitative estimate of drug-likeness (QED) is 0.804. The second-order valence-corrected chi connectivity index (χ2v) is 8.24. The molecule has 0 aliphatic carbocycles. The van der Waals surface area contributed by atoms with Crippen LogP contribution in [0.15, 0.2) is 18.5 Å². The number of carbonyl (C=O) groups is 1. The van der Waals surface area contributed by atoms with Crippen molar-refractivity contribution in [3.05, 3.63) is 29.7 Å². The number of piperidine rings is 1. The molecule has 2 saturated heterocycles. The van der Waals surface area contributed by atoms with Crippen LogP contribution in [0, 0.1) is 11.3 Å². The van der Waals surface area contributed by atoms with Gasteiger partial charge >= 0.3 is 0 Å². The standard InChI is InChI=1S/C21H25F2N7O/c1-14(31)29-6-3-15(4-7-29)16-9-18(27-20-17(11-24)28(2)13-25-20)26-19(10-16)30-8-5-21(22,23)12-30/h9-10,13,15H,3-8,12H2,1-2H3,(H,26,27). The molecule has 4 heterocycles. The van der Waals surface area contributed by atoms with Crippen molar-refractivity contribution in [1.29, 1.82) is 5.26 Å². The first-order valence-corrected chi connectivity index (χ1v) is 10.3. The van der Waals surface area contributed by atoms with Crippen LogP contribution in [0.25, 0.3) is 0 Å². The van der Waals surface area contributed by atoms with Gasteiger partial charge in [-0.15, -0.1) is 0 Å². The summed E-state index contributed by atoms with van der Waals surface area (Å²) in [5, 5.41) is 12.5. The smallest absolute Gasteiger partial charge is 0.266 e. The summed E-state index contributed by atoms with van der Waals surface area (Å²) in [4.78, 5) is 23.8. The molecule has 31 heavy (non-hydrogen) atoms. The van der Waals surface area contributed by atoms with Crippen LogP contribution in [0.1, 0.15) is 43.4 Å². The SMILES string of the molecule is CC(=O)N1CCC(c2cc(Nc3ncn(C)c3C#N)nc(N3CCC(F)(F)C3)c2)CC1. The molecule has 8 nitrogen and oxygen atoms in total. The summed E-state index contributed by atoms with van der Waals surface area (Å²) in [6, 6.07) is 5.87. The molecule has 0 aromatic carbocycles. The number of alkyl halides is 2. The van der Waals surface area contributed by atoms with Gasteiger partial charge in [-0.2, -0.15) is 5.26 Å². The van der Waals surface area contributed by atoms with E-state index in [4.69, 9.17) is 0 Å². The molecule has 2 aromatic rings. The first kappa shape index (κ1) is 21.0. The summed E-state index contributed by atoms with van der Waals surface area (Å²) in [7, 11) is 1.72. The Morgan fingerprint density at radius 1 is 1.29 bits per heavy atom. The van der Waals surface area contributed by atoms with Gasteiger partial charge in [-0.1, -0.05) is 0 Å². The lowest BCUT2D eigenvalue weighted by molar-refractivity contribution is -0.129. The van der Waals surface area contributed by atoms with Gasteiger partial charge in [0, 0.05) is 40.0 Å². The van der Waals surface area contributed by atoms with Gasteiger partial charge in [0.2, 0.25) is 5.91 Å². The first-order chi connectivity index (χ1) is 14.8. The van der Waals surface area contributed by atoms with E-state index in [2.05, 4.69) is 21.4 Å². The van der Waals surface area contributed by atoms with Crippen molar-refractivity contribution in [2.75, 3.05) is 36.4 Å². The monoisotopic (exact) mass is 429 g/mol. The van der Waals surface area contributed by atoms with E-state index in [1.54, 1.807) is 23.4 Å².